The number of hydrogen-bond donors (Lipinski definition) is 2. The van der Waals surface area contributed by atoms with Gasteiger partial charge in [-0.05, 0) is 79.8 Å². The van der Waals surface area contributed by atoms with E-state index in [1.165, 1.54) is 0 Å². The summed E-state index contributed by atoms with van der Waals surface area (Å²) in [6.07, 6.45) is 0. The Morgan fingerprint density at radius 3 is 2.56 bits per heavy atom. The van der Waals surface area contributed by atoms with Crippen LogP contribution in [-0.2, 0) is 4.79 Å². The molecule has 2 heterocycles. The van der Waals surface area contributed by atoms with Gasteiger partial charge in [-0.15, -0.1) is 0 Å². The van der Waals surface area contributed by atoms with Gasteiger partial charge in [0.1, 0.15) is 17.4 Å². The first kappa shape index (κ1) is 22.8. The predicted octanol–water partition coefficient (Wildman–Crippen LogP) is 5.80. The van der Waals surface area contributed by atoms with Crippen molar-refractivity contribution in [2.24, 2.45) is 5.92 Å². The molecule has 2 aliphatic heterocycles. The van der Waals surface area contributed by atoms with Crippen molar-refractivity contribution in [1.82, 2.24) is 5.32 Å². The summed E-state index contributed by atoms with van der Waals surface area (Å²) in [7, 11) is 1.59. The highest BCUT2D eigenvalue weighted by Crippen LogP contribution is 2.50. The second-order valence-electron chi connectivity index (χ2n) is 8.28. The Hall–Kier alpha value is -3.00. The number of halogens is 2. The van der Waals surface area contributed by atoms with E-state index < -0.39 is 17.7 Å². The average Bonchev–Trinajstić information content (AvgIpc) is 2.79. The van der Waals surface area contributed by atoms with Gasteiger partial charge in [-0.25, -0.2) is 0 Å². The first-order chi connectivity index (χ1) is 16.3. The molecule has 1 amide bonds. The van der Waals surface area contributed by atoms with Gasteiger partial charge in [0.05, 0.1) is 13.2 Å². The monoisotopic (exact) mass is 513 g/mol. The van der Waals surface area contributed by atoms with Crippen molar-refractivity contribution in [3.8, 4) is 11.5 Å². The highest BCUT2D eigenvalue weighted by Gasteiger charge is 2.59. The van der Waals surface area contributed by atoms with Gasteiger partial charge < -0.3 is 20.1 Å². The van der Waals surface area contributed by atoms with E-state index in [0.29, 0.717) is 38.0 Å². The molecule has 5 rings (SSSR count). The minimum absolute atomic E-state index is 0.231. The molecule has 0 aromatic heterocycles. The van der Waals surface area contributed by atoms with Crippen LogP contribution in [0.2, 0.25) is 10.0 Å². The van der Waals surface area contributed by atoms with Crippen molar-refractivity contribution >= 4 is 57.8 Å². The number of nitrogens with zero attached hydrogens (tertiary/aromatic N) is 1. The van der Waals surface area contributed by atoms with E-state index in [1.54, 1.807) is 60.5 Å². The van der Waals surface area contributed by atoms with E-state index in [0.717, 1.165) is 5.56 Å². The number of methoxy groups -OCH3 is 1. The van der Waals surface area contributed by atoms with Gasteiger partial charge >= 0.3 is 0 Å². The Labute approximate surface area is 212 Å². The Morgan fingerprint density at radius 2 is 1.85 bits per heavy atom. The summed E-state index contributed by atoms with van der Waals surface area (Å²) in [5.74, 6) is 0.412. The van der Waals surface area contributed by atoms with Crippen LogP contribution in [0.4, 0.5) is 11.4 Å². The van der Waals surface area contributed by atoms with Crippen LogP contribution in [0.25, 0.3) is 0 Å². The maximum atomic E-state index is 13.8. The van der Waals surface area contributed by atoms with Crippen LogP contribution in [0.1, 0.15) is 18.5 Å². The van der Waals surface area contributed by atoms with Gasteiger partial charge in [0.2, 0.25) is 5.91 Å². The van der Waals surface area contributed by atoms with Gasteiger partial charge in [0.15, 0.2) is 10.8 Å². The van der Waals surface area contributed by atoms with Crippen molar-refractivity contribution in [2.75, 3.05) is 17.3 Å². The Balaban J connectivity index is 1.60. The molecule has 0 saturated carbocycles. The minimum atomic E-state index is -1.14. The van der Waals surface area contributed by atoms with E-state index in [1.807, 2.05) is 25.1 Å². The Bertz CT molecular complexity index is 1290. The average molecular weight is 514 g/mol. The van der Waals surface area contributed by atoms with Crippen LogP contribution in [0.5, 0.6) is 11.5 Å². The fourth-order valence-corrected chi connectivity index (χ4v) is 5.43. The van der Waals surface area contributed by atoms with Crippen LogP contribution in [0.3, 0.4) is 0 Å². The van der Waals surface area contributed by atoms with Crippen molar-refractivity contribution in [1.29, 1.82) is 0 Å². The quantitative estimate of drug-likeness (QED) is 0.429. The molecule has 6 nitrogen and oxygen atoms in total. The molecular weight excluding hydrogens is 493 g/mol. The predicted molar refractivity (Wildman–Crippen MR) is 138 cm³/mol. The molecule has 2 N–H and O–H groups in total. The summed E-state index contributed by atoms with van der Waals surface area (Å²) < 4.78 is 11.8. The standard InChI is InChI=1S/C25H21Cl2N3O3S/c1-25-21(23(31)28-16-7-9-18(32-2)10-8-16)22(19-13-15(27)6-11-20(19)33-25)29-24(34)30(25)17-5-3-4-14(26)12-17/h3-13,21-22H,1-2H3,(H,28,31)(H,29,34)/t21-,22+,25+/m0/s1. The van der Waals surface area contributed by atoms with Crippen molar-refractivity contribution < 1.29 is 14.3 Å². The molecule has 0 spiro atoms. The van der Waals surface area contributed by atoms with Gasteiger partial charge in [-0.1, -0.05) is 29.3 Å². The third-order valence-electron chi connectivity index (χ3n) is 6.17. The summed E-state index contributed by atoms with van der Waals surface area (Å²) >= 11 is 18.3. The summed E-state index contributed by atoms with van der Waals surface area (Å²) in [4.78, 5) is 15.6. The zero-order valence-corrected chi connectivity index (χ0v) is 20.7. The van der Waals surface area contributed by atoms with Gasteiger partial charge in [-0.2, -0.15) is 0 Å². The number of anilines is 2. The largest absolute Gasteiger partial charge is 0.497 e. The molecule has 1 fully saturated rings. The first-order valence-electron chi connectivity index (χ1n) is 10.6. The zero-order valence-electron chi connectivity index (χ0n) is 18.3. The van der Waals surface area contributed by atoms with Gasteiger partial charge in [0.25, 0.3) is 0 Å². The summed E-state index contributed by atoms with van der Waals surface area (Å²) in [6, 6.07) is 19.4. The fraction of sp³-hybridized carbons (Fsp3) is 0.200. The number of hydrogen-bond acceptors (Lipinski definition) is 4. The maximum absolute atomic E-state index is 13.8. The lowest BCUT2D eigenvalue weighted by molar-refractivity contribution is -0.130. The zero-order chi connectivity index (χ0) is 24.0. The normalized spacial score (nSPS) is 22.8. The molecule has 0 aliphatic carbocycles. The molecule has 0 unspecified atom stereocenters. The summed E-state index contributed by atoms with van der Waals surface area (Å²) in [5, 5.41) is 7.89. The summed E-state index contributed by atoms with van der Waals surface area (Å²) in [6.45, 7) is 1.86. The molecule has 3 aromatic carbocycles. The van der Waals surface area contributed by atoms with Crippen LogP contribution < -0.4 is 25.0 Å². The molecule has 2 aliphatic rings. The molecule has 2 bridgehead atoms. The molecule has 174 valence electrons. The summed E-state index contributed by atoms with van der Waals surface area (Å²) in [5.41, 5.74) is 0.981. The number of rotatable bonds is 4. The highest BCUT2D eigenvalue weighted by atomic mass is 35.5. The van der Waals surface area contributed by atoms with E-state index >= 15 is 0 Å². The molecule has 1 saturated heterocycles. The van der Waals surface area contributed by atoms with Crippen LogP contribution >= 0.6 is 35.4 Å². The van der Waals surface area contributed by atoms with Crippen LogP contribution in [0, 0.1) is 5.92 Å². The van der Waals surface area contributed by atoms with Gasteiger partial charge in [-0.3, -0.25) is 9.69 Å². The minimum Gasteiger partial charge on any atom is -0.497 e. The lowest BCUT2D eigenvalue weighted by Gasteiger charge is -2.56. The number of carbonyl (C=O) groups is 1. The smallest absolute Gasteiger partial charge is 0.236 e. The number of thiocarbonyl (C=S) groups is 1. The van der Waals surface area contributed by atoms with Crippen molar-refractivity contribution in [3.63, 3.8) is 0 Å². The van der Waals surface area contributed by atoms with E-state index in [2.05, 4.69) is 10.6 Å². The van der Waals surface area contributed by atoms with Crippen LogP contribution in [0.15, 0.2) is 66.7 Å². The fourth-order valence-electron chi connectivity index (χ4n) is 4.65. The maximum Gasteiger partial charge on any atom is 0.236 e. The van der Waals surface area contributed by atoms with E-state index in [9.17, 15) is 4.79 Å². The van der Waals surface area contributed by atoms with Crippen molar-refractivity contribution in [3.05, 3.63) is 82.3 Å². The third-order valence-corrected chi connectivity index (χ3v) is 6.94. The lowest BCUT2D eigenvalue weighted by Crippen LogP contribution is -2.72. The second-order valence-corrected chi connectivity index (χ2v) is 9.54. The third kappa shape index (κ3) is 3.83. The number of ether oxygens (including phenoxy) is 2. The molecule has 3 atom stereocenters. The lowest BCUT2D eigenvalue weighted by atomic mass is 9.78. The number of benzene rings is 3. The molecule has 3 aromatic rings. The van der Waals surface area contributed by atoms with E-state index in [-0.39, 0.29) is 5.91 Å². The number of carbonyl (C=O) groups excluding carboxylic acids is 1. The SMILES string of the molecule is COc1ccc(NC(=O)[C@@H]2[C@@H]3NC(=S)N(c4cccc(Cl)c4)[C@]2(C)Oc2ccc(Cl)cc23)cc1. The highest BCUT2D eigenvalue weighted by molar-refractivity contribution is 7.80. The topological polar surface area (TPSA) is 62.8 Å². The van der Waals surface area contributed by atoms with Crippen LogP contribution in [-0.4, -0.2) is 23.9 Å². The second kappa shape index (κ2) is 8.65. The number of nitrogens with one attached hydrogen (secondary N) is 2. The van der Waals surface area contributed by atoms with E-state index in [4.69, 9.17) is 44.9 Å². The number of fused-ring (bicyclic) bond motifs is 4. The molecule has 34 heavy (non-hydrogen) atoms. The first-order valence-corrected chi connectivity index (χ1v) is 11.8. The Morgan fingerprint density at radius 1 is 1.12 bits per heavy atom. The Kier molecular flexibility index (Phi) is 5.80. The molecule has 0 radical (unpaired) electrons. The molecule has 9 heteroatoms. The van der Waals surface area contributed by atoms with Crippen molar-refractivity contribution in [2.45, 2.75) is 18.7 Å². The molecular formula is C25H21Cl2N3O3S. The number of amides is 1. The van der Waals surface area contributed by atoms with Gasteiger partial charge in [0, 0.05) is 27.0 Å².